The smallest absolute Gasteiger partial charge is 0.315 e. The Bertz CT molecular complexity index is 1340. The van der Waals surface area contributed by atoms with Gasteiger partial charge in [-0.05, 0) is 48.7 Å². The van der Waals surface area contributed by atoms with Gasteiger partial charge in [-0.25, -0.2) is 14.4 Å². The molecule has 190 valence electrons. The fraction of sp³-hybridized carbons (Fsp3) is 0.400. The molecule has 1 aromatic carbocycles. The predicted molar refractivity (Wildman–Crippen MR) is 149 cm³/mol. The SMILES string of the molecule is Cc1cc(-c2cc(NC3=N[SH]=C(C(C)C)S3)ncn2)ccc1[C@@H](C)NC(=O)c1nc(C(C)(C)C)no1. The number of amides is 1. The van der Waals surface area contributed by atoms with E-state index in [1.54, 1.807) is 18.1 Å². The lowest BCUT2D eigenvalue weighted by atomic mass is 9.96. The summed E-state index contributed by atoms with van der Waals surface area (Å²) < 4.78 is 11.0. The molecule has 0 aliphatic carbocycles. The van der Waals surface area contributed by atoms with Gasteiger partial charge in [-0.2, -0.15) is 4.98 Å². The monoisotopic (exact) mass is 525 g/mol. The summed E-state index contributed by atoms with van der Waals surface area (Å²) >= 11 is 2.66. The maximum Gasteiger partial charge on any atom is 0.315 e. The standard InChI is InChI=1S/C25H31N7O2S2/c1-13(2)22-35-24(32-36-22)29-19-11-18(26-12-27-19)16-8-9-17(14(3)10-16)15(4)28-20(33)21-30-23(31-34-21)25(5,6)7/h8-13,15,36H,1-7H3,(H,28,33)(H,26,27,29,32)/t15-/m1/s1. The summed E-state index contributed by atoms with van der Waals surface area (Å²) in [6.07, 6.45) is 1.55. The largest absolute Gasteiger partial charge is 0.341 e. The summed E-state index contributed by atoms with van der Waals surface area (Å²) in [6, 6.07) is 7.71. The van der Waals surface area contributed by atoms with E-state index in [1.807, 2.05) is 52.8 Å². The number of nitrogens with zero attached hydrogens (tertiary/aromatic N) is 5. The number of anilines is 1. The summed E-state index contributed by atoms with van der Waals surface area (Å²) in [5.41, 5.74) is 3.48. The van der Waals surface area contributed by atoms with Crippen LogP contribution in [0, 0.1) is 12.8 Å². The average Bonchev–Trinajstić information content (AvgIpc) is 3.49. The van der Waals surface area contributed by atoms with E-state index >= 15 is 0 Å². The highest BCUT2D eigenvalue weighted by Crippen LogP contribution is 2.29. The first kappa shape index (κ1) is 26.0. The number of aromatic nitrogens is 4. The Kier molecular flexibility index (Phi) is 7.60. The summed E-state index contributed by atoms with van der Waals surface area (Å²) in [6.45, 7) is 14.2. The number of amidine groups is 1. The molecule has 2 aromatic heterocycles. The van der Waals surface area contributed by atoms with Crippen LogP contribution in [0.1, 0.15) is 75.2 Å². The molecule has 36 heavy (non-hydrogen) atoms. The van der Waals surface area contributed by atoms with Crippen LogP contribution in [0.3, 0.4) is 0 Å². The molecule has 0 saturated heterocycles. The lowest BCUT2D eigenvalue weighted by Crippen LogP contribution is -2.27. The highest BCUT2D eigenvalue weighted by Gasteiger charge is 2.25. The Morgan fingerprint density at radius 2 is 1.92 bits per heavy atom. The number of carbonyl (C=O) groups excluding carboxylic acids is 1. The first-order valence-electron chi connectivity index (χ1n) is 11.7. The van der Waals surface area contributed by atoms with Gasteiger partial charge in [0.2, 0.25) is 0 Å². The number of nitrogens with one attached hydrogen (secondary N) is 2. The van der Waals surface area contributed by atoms with Gasteiger partial charge in [0.1, 0.15) is 12.1 Å². The molecule has 1 aliphatic rings. The molecular weight excluding hydrogens is 494 g/mol. The van der Waals surface area contributed by atoms with Crippen molar-refractivity contribution in [1.82, 2.24) is 25.4 Å². The van der Waals surface area contributed by atoms with Crippen molar-refractivity contribution in [2.75, 3.05) is 5.32 Å². The third kappa shape index (κ3) is 6.01. The number of thiol groups is 1. The molecule has 0 fully saturated rings. The molecule has 11 heteroatoms. The van der Waals surface area contributed by atoms with Crippen molar-refractivity contribution in [1.29, 1.82) is 0 Å². The first-order valence-corrected chi connectivity index (χ1v) is 13.4. The number of aryl methyl sites for hydroxylation is 1. The summed E-state index contributed by atoms with van der Waals surface area (Å²) in [5.74, 6) is 1.23. The Morgan fingerprint density at radius 1 is 1.14 bits per heavy atom. The van der Waals surface area contributed by atoms with Crippen LogP contribution < -0.4 is 10.6 Å². The van der Waals surface area contributed by atoms with E-state index in [9.17, 15) is 4.79 Å². The molecule has 0 bridgehead atoms. The number of hydrogen-bond donors (Lipinski definition) is 3. The first-order chi connectivity index (χ1) is 17.0. The molecule has 3 heterocycles. The number of rotatable bonds is 6. The zero-order valence-corrected chi connectivity index (χ0v) is 23.2. The molecule has 0 unspecified atom stereocenters. The Hall–Kier alpha value is -3.05. The van der Waals surface area contributed by atoms with Gasteiger partial charge in [0.25, 0.3) is 0 Å². The molecule has 9 nitrogen and oxygen atoms in total. The van der Waals surface area contributed by atoms with Gasteiger partial charge >= 0.3 is 11.8 Å². The quantitative estimate of drug-likeness (QED) is 0.293. The van der Waals surface area contributed by atoms with Gasteiger partial charge in [-0.1, -0.05) is 63.4 Å². The molecule has 0 radical (unpaired) electrons. The molecule has 1 atom stereocenters. The molecule has 1 aliphatic heterocycles. The van der Waals surface area contributed by atoms with E-state index in [0.29, 0.717) is 17.6 Å². The predicted octanol–water partition coefficient (Wildman–Crippen LogP) is 5.30. The number of carbonyl (C=O) groups is 1. The van der Waals surface area contributed by atoms with Crippen LogP contribution in [0.15, 0.2) is 39.5 Å². The van der Waals surface area contributed by atoms with E-state index in [-0.39, 0.29) is 17.3 Å². The number of benzene rings is 1. The highest BCUT2D eigenvalue weighted by molar-refractivity contribution is 8.38. The summed E-state index contributed by atoms with van der Waals surface area (Å²) in [7, 11) is 0. The average molecular weight is 526 g/mol. The van der Waals surface area contributed by atoms with Crippen molar-refractivity contribution in [3.63, 3.8) is 0 Å². The zero-order chi connectivity index (χ0) is 26.0. The molecule has 1 amide bonds. The maximum absolute atomic E-state index is 12.7. The minimum atomic E-state index is -0.398. The lowest BCUT2D eigenvalue weighted by Gasteiger charge is -2.16. The van der Waals surface area contributed by atoms with Gasteiger partial charge in [0.15, 0.2) is 11.0 Å². The van der Waals surface area contributed by atoms with Crippen molar-refractivity contribution in [2.24, 2.45) is 10.3 Å². The van der Waals surface area contributed by atoms with E-state index in [4.69, 9.17) is 4.52 Å². The van der Waals surface area contributed by atoms with Crippen molar-refractivity contribution >= 4 is 44.4 Å². The minimum Gasteiger partial charge on any atom is -0.341 e. The summed E-state index contributed by atoms with van der Waals surface area (Å²) in [5, 5.41) is 11.0. The van der Waals surface area contributed by atoms with Crippen LogP contribution in [-0.2, 0) is 5.41 Å². The molecule has 4 rings (SSSR count). The highest BCUT2D eigenvalue weighted by atomic mass is 32.2. The van der Waals surface area contributed by atoms with Gasteiger partial charge in [-0.15, -0.1) is 0 Å². The topological polar surface area (TPSA) is 118 Å². The summed E-state index contributed by atoms with van der Waals surface area (Å²) in [4.78, 5) is 25.7. The van der Waals surface area contributed by atoms with Gasteiger partial charge < -0.3 is 15.2 Å². The number of hydrogen-bond acceptors (Lipinski definition) is 9. The Balaban J connectivity index is 1.44. The van der Waals surface area contributed by atoms with E-state index in [1.165, 1.54) is 4.20 Å². The van der Waals surface area contributed by atoms with Crippen molar-refractivity contribution in [3.05, 3.63) is 53.4 Å². The molecule has 0 saturated carbocycles. The fourth-order valence-corrected chi connectivity index (χ4v) is 5.38. The van der Waals surface area contributed by atoms with Gasteiger partial charge in [-0.3, -0.25) is 4.79 Å². The lowest BCUT2D eigenvalue weighted by molar-refractivity contribution is 0.0895. The van der Waals surface area contributed by atoms with E-state index in [0.717, 1.165) is 39.1 Å². The molecule has 2 N–H and O–H groups in total. The van der Waals surface area contributed by atoms with Crippen LogP contribution in [0.4, 0.5) is 5.82 Å². The van der Waals surface area contributed by atoms with E-state index in [2.05, 4.69) is 55.1 Å². The molecule has 0 spiro atoms. The second kappa shape index (κ2) is 10.5. The van der Waals surface area contributed by atoms with Crippen molar-refractivity contribution < 1.29 is 9.32 Å². The van der Waals surface area contributed by atoms with Crippen LogP contribution in [-0.4, -0.2) is 35.4 Å². The van der Waals surface area contributed by atoms with Crippen molar-refractivity contribution in [3.8, 4) is 11.3 Å². The van der Waals surface area contributed by atoms with Crippen LogP contribution >= 0.6 is 23.3 Å². The third-order valence-corrected chi connectivity index (χ3v) is 8.24. The van der Waals surface area contributed by atoms with Gasteiger partial charge in [0, 0.05) is 21.2 Å². The van der Waals surface area contributed by atoms with Crippen LogP contribution in [0.5, 0.6) is 0 Å². The van der Waals surface area contributed by atoms with Crippen LogP contribution in [0.2, 0.25) is 0 Å². The molecule has 3 aromatic rings. The second-order valence-corrected chi connectivity index (χ2v) is 12.2. The second-order valence-electron chi connectivity index (χ2n) is 9.95. The van der Waals surface area contributed by atoms with Crippen LogP contribution in [0.25, 0.3) is 11.3 Å². The fourth-order valence-electron chi connectivity index (χ4n) is 3.49. The molecular formula is C25H31N7O2S2. The minimum absolute atomic E-state index is 0.0373. The third-order valence-electron chi connectivity index (χ3n) is 5.51. The van der Waals surface area contributed by atoms with Crippen molar-refractivity contribution in [2.45, 2.75) is 59.9 Å². The normalized spacial score (nSPS) is 14.7. The zero-order valence-electron chi connectivity index (χ0n) is 21.4. The van der Waals surface area contributed by atoms with Gasteiger partial charge in [0.05, 0.1) is 11.7 Å². The Morgan fingerprint density at radius 3 is 2.56 bits per heavy atom. The number of thioether (sulfide) groups is 1. The Labute approximate surface area is 219 Å². The van der Waals surface area contributed by atoms with E-state index < -0.39 is 5.91 Å². The maximum atomic E-state index is 12.7.